The van der Waals surface area contributed by atoms with Crippen LogP contribution < -0.4 is 0 Å². The van der Waals surface area contributed by atoms with Gasteiger partial charge in [0.2, 0.25) is 0 Å². The first kappa shape index (κ1) is 12.3. The van der Waals surface area contributed by atoms with Gasteiger partial charge in [-0.05, 0) is 23.4 Å². The SMILES string of the molecule is CCC(C)CC(=O)c1snnc1C(C)C. The predicted octanol–water partition coefficient (Wildman–Crippen LogP) is 3.28. The van der Waals surface area contributed by atoms with Crippen LogP contribution in [-0.2, 0) is 0 Å². The molecule has 0 radical (unpaired) electrons. The van der Waals surface area contributed by atoms with E-state index in [1.165, 1.54) is 11.5 Å². The van der Waals surface area contributed by atoms with Gasteiger partial charge in [0.1, 0.15) is 4.88 Å². The molecular weight excluding hydrogens is 208 g/mol. The quantitative estimate of drug-likeness (QED) is 0.724. The standard InChI is InChI=1S/C11H18N2OS/c1-5-8(4)6-9(14)11-10(7(2)3)12-13-15-11/h7-8H,5-6H2,1-4H3. The van der Waals surface area contributed by atoms with Crippen LogP contribution in [0.3, 0.4) is 0 Å². The molecule has 1 aromatic heterocycles. The van der Waals surface area contributed by atoms with Crippen molar-refractivity contribution >= 4 is 17.3 Å². The maximum Gasteiger partial charge on any atom is 0.176 e. The Labute approximate surface area is 95.1 Å². The minimum absolute atomic E-state index is 0.197. The molecule has 4 heteroatoms. The zero-order valence-corrected chi connectivity index (χ0v) is 10.6. The van der Waals surface area contributed by atoms with E-state index in [1.807, 2.05) is 13.8 Å². The van der Waals surface area contributed by atoms with Crippen LogP contribution in [0.5, 0.6) is 0 Å². The highest BCUT2D eigenvalue weighted by molar-refractivity contribution is 7.08. The first-order valence-electron chi connectivity index (χ1n) is 5.41. The molecule has 0 aliphatic carbocycles. The molecule has 1 rings (SSSR count). The Morgan fingerprint density at radius 2 is 2.07 bits per heavy atom. The summed E-state index contributed by atoms with van der Waals surface area (Å²) in [5, 5.41) is 4.02. The molecule has 0 aliphatic heterocycles. The lowest BCUT2D eigenvalue weighted by Gasteiger charge is -2.07. The molecule has 0 aromatic carbocycles. The second-order valence-corrected chi connectivity index (χ2v) is 5.04. The third-order valence-corrected chi connectivity index (χ3v) is 3.33. The number of carbonyl (C=O) groups is 1. The summed E-state index contributed by atoms with van der Waals surface area (Å²) in [6.45, 7) is 8.28. The van der Waals surface area contributed by atoms with Gasteiger partial charge in [0, 0.05) is 6.42 Å². The first-order chi connectivity index (χ1) is 7.06. The molecule has 0 N–H and O–H groups in total. The van der Waals surface area contributed by atoms with Gasteiger partial charge in [-0.2, -0.15) is 0 Å². The highest BCUT2D eigenvalue weighted by Gasteiger charge is 2.19. The summed E-state index contributed by atoms with van der Waals surface area (Å²) in [7, 11) is 0. The first-order valence-corrected chi connectivity index (χ1v) is 6.19. The number of aromatic nitrogens is 2. The lowest BCUT2D eigenvalue weighted by Crippen LogP contribution is -2.07. The molecule has 1 unspecified atom stereocenters. The van der Waals surface area contributed by atoms with E-state index < -0.39 is 0 Å². The summed E-state index contributed by atoms with van der Waals surface area (Å²) in [6, 6.07) is 0. The Hall–Kier alpha value is -0.770. The molecule has 84 valence electrons. The summed E-state index contributed by atoms with van der Waals surface area (Å²) in [6.07, 6.45) is 1.65. The van der Waals surface area contributed by atoms with E-state index in [2.05, 4.69) is 23.4 Å². The second kappa shape index (κ2) is 5.35. The van der Waals surface area contributed by atoms with Crippen molar-refractivity contribution in [2.75, 3.05) is 0 Å². The van der Waals surface area contributed by atoms with Gasteiger partial charge in [-0.3, -0.25) is 4.79 Å². The highest BCUT2D eigenvalue weighted by atomic mass is 32.1. The molecule has 0 spiro atoms. The van der Waals surface area contributed by atoms with Gasteiger partial charge in [-0.1, -0.05) is 38.6 Å². The summed E-state index contributed by atoms with van der Waals surface area (Å²) in [4.78, 5) is 12.7. The van der Waals surface area contributed by atoms with Crippen molar-refractivity contribution in [3.05, 3.63) is 10.6 Å². The van der Waals surface area contributed by atoms with Gasteiger partial charge in [0.25, 0.3) is 0 Å². The second-order valence-electron chi connectivity index (χ2n) is 4.28. The summed E-state index contributed by atoms with van der Waals surface area (Å²) in [5.41, 5.74) is 0.855. The predicted molar refractivity (Wildman–Crippen MR) is 62.4 cm³/mol. The van der Waals surface area contributed by atoms with Gasteiger partial charge in [0.05, 0.1) is 5.69 Å². The number of hydrogen-bond donors (Lipinski definition) is 0. The van der Waals surface area contributed by atoms with Gasteiger partial charge >= 0.3 is 0 Å². The molecule has 0 saturated heterocycles. The summed E-state index contributed by atoms with van der Waals surface area (Å²) >= 11 is 1.23. The lowest BCUT2D eigenvalue weighted by molar-refractivity contribution is 0.0966. The third-order valence-electron chi connectivity index (χ3n) is 2.54. The Kier molecular flexibility index (Phi) is 4.39. The van der Waals surface area contributed by atoms with Crippen LogP contribution in [0.25, 0.3) is 0 Å². The topological polar surface area (TPSA) is 42.9 Å². The van der Waals surface area contributed by atoms with Crippen molar-refractivity contribution in [2.24, 2.45) is 5.92 Å². The Bertz CT molecular complexity index is 333. The van der Waals surface area contributed by atoms with Crippen LogP contribution in [0.4, 0.5) is 0 Å². The third kappa shape index (κ3) is 3.09. The fourth-order valence-corrected chi connectivity index (χ4v) is 2.09. The maximum absolute atomic E-state index is 11.9. The molecule has 0 fully saturated rings. The van der Waals surface area contributed by atoms with E-state index >= 15 is 0 Å². The van der Waals surface area contributed by atoms with E-state index in [-0.39, 0.29) is 11.7 Å². The van der Waals surface area contributed by atoms with Crippen LogP contribution >= 0.6 is 11.5 Å². The van der Waals surface area contributed by atoms with Crippen molar-refractivity contribution < 1.29 is 4.79 Å². The number of hydrogen-bond acceptors (Lipinski definition) is 4. The maximum atomic E-state index is 11.9. The largest absolute Gasteiger partial charge is 0.293 e. The Morgan fingerprint density at radius 1 is 1.40 bits per heavy atom. The number of nitrogens with zero attached hydrogens (tertiary/aromatic N) is 2. The fourth-order valence-electron chi connectivity index (χ4n) is 1.32. The minimum atomic E-state index is 0.197. The molecule has 1 aromatic rings. The van der Waals surface area contributed by atoms with Gasteiger partial charge < -0.3 is 0 Å². The average Bonchev–Trinajstić information content (AvgIpc) is 2.65. The van der Waals surface area contributed by atoms with E-state index in [0.29, 0.717) is 12.3 Å². The van der Waals surface area contributed by atoms with Crippen molar-refractivity contribution in [3.63, 3.8) is 0 Å². The molecular formula is C11H18N2OS. The smallest absolute Gasteiger partial charge is 0.176 e. The molecule has 1 heterocycles. The van der Waals surface area contributed by atoms with E-state index in [0.717, 1.165) is 17.0 Å². The van der Waals surface area contributed by atoms with Crippen molar-refractivity contribution in [1.29, 1.82) is 0 Å². The number of carbonyl (C=O) groups excluding carboxylic acids is 1. The molecule has 0 aliphatic rings. The fraction of sp³-hybridized carbons (Fsp3) is 0.727. The van der Waals surface area contributed by atoms with Crippen LogP contribution in [-0.4, -0.2) is 15.4 Å². The molecule has 15 heavy (non-hydrogen) atoms. The number of ketones is 1. The Balaban J connectivity index is 2.77. The average molecular weight is 226 g/mol. The van der Waals surface area contributed by atoms with Gasteiger partial charge in [-0.25, -0.2) is 0 Å². The normalized spacial score (nSPS) is 13.1. The van der Waals surface area contributed by atoms with Gasteiger partial charge in [0.15, 0.2) is 5.78 Å². The van der Waals surface area contributed by atoms with Gasteiger partial charge in [-0.15, -0.1) is 5.10 Å². The van der Waals surface area contributed by atoms with Crippen LogP contribution in [0.2, 0.25) is 0 Å². The number of Topliss-reactive ketones (excluding diaryl/α,β-unsaturated/α-hetero) is 1. The Morgan fingerprint density at radius 3 is 2.60 bits per heavy atom. The van der Waals surface area contributed by atoms with E-state index in [4.69, 9.17) is 0 Å². The lowest BCUT2D eigenvalue weighted by atomic mass is 9.99. The zero-order chi connectivity index (χ0) is 11.4. The molecule has 0 saturated carbocycles. The molecule has 3 nitrogen and oxygen atoms in total. The summed E-state index contributed by atoms with van der Waals surface area (Å²) < 4.78 is 3.87. The van der Waals surface area contributed by atoms with Crippen molar-refractivity contribution in [1.82, 2.24) is 9.59 Å². The van der Waals surface area contributed by atoms with E-state index in [1.54, 1.807) is 0 Å². The molecule has 0 bridgehead atoms. The monoisotopic (exact) mass is 226 g/mol. The van der Waals surface area contributed by atoms with Crippen molar-refractivity contribution in [3.8, 4) is 0 Å². The molecule has 1 atom stereocenters. The van der Waals surface area contributed by atoms with E-state index in [9.17, 15) is 4.79 Å². The highest BCUT2D eigenvalue weighted by Crippen LogP contribution is 2.23. The van der Waals surface area contributed by atoms with Crippen LogP contribution in [0.15, 0.2) is 0 Å². The zero-order valence-electron chi connectivity index (χ0n) is 9.78. The van der Waals surface area contributed by atoms with Crippen LogP contribution in [0, 0.1) is 5.92 Å². The summed E-state index contributed by atoms with van der Waals surface area (Å²) in [5.74, 6) is 0.919. The van der Waals surface area contributed by atoms with Crippen molar-refractivity contribution in [2.45, 2.75) is 46.5 Å². The number of rotatable bonds is 5. The molecule has 0 amide bonds. The minimum Gasteiger partial charge on any atom is -0.293 e. The van der Waals surface area contributed by atoms with Crippen LogP contribution in [0.1, 0.15) is 61.8 Å².